The van der Waals surface area contributed by atoms with E-state index in [1.807, 2.05) is 59.6 Å². The Balaban J connectivity index is 1.36. The molecule has 4 aromatic rings. The molecule has 146 valence electrons. The van der Waals surface area contributed by atoms with Crippen molar-refractivity contribution in [2.75, 3.05) is 6.26 Å². The molecule has 2 heterocycles. The Hall–Kier alpha value is -3.52. The van der Waals surface area contributed by atoms with Gasteiger partial charge in [-0.3, -0.25) is 25.0 Å². The summed E-state index contributed by atoms with van der Waals surface area (Å²) in [5.41, 5.74) is 8.15. The van der Waals surface area contributed by atoms with Crippen LogP contribution in [-0.2, 0) is 11.2 Å². The van der Waals surface area contributed by atoms with Crippen molar-refractivity contribution in [3.05, 3.63) is 78.2 Å². The Bertz CT molecular complexity index is 1160. The first-order valence-electron chi connectivity index (χ1n) is 8.97. The minimum Gasteiger partial charge on any atom is -0.361 e. The number of thioether (sulfide) groups is 1. The number of hydrazine groups is 1. The lowest BCUT2D eigenvalue weighted by atomic mass is 10.1. The summed E-state index contributed by atoms with van der Waals surface area (Å²) >= 11 is 1.54. The summed E-state index contributed by atoms with van der Waals surface area (Å²) < 4.78 is 1.94. The molecule has 0 bridgehead atoms. The van der Waals surface area contributed by atoms with Crippen molar-refractivity contribution in [2.24, 2.45) is 0 Å². The van der Waals surface area contributed by atoms with Crippen LogP contribution in [0.15, 0.2) is 72.3 Å². The van der Waals surface area contributed by atoms with E-state index in [9.17, 15) is 9.59 Å². The van der Waals surface area contributed by atoms with Gasteiger partial charge in [0.25, 0.3) is 5.91 Å². The van der Waals surface area contributed by atoms with Gasteiger partial charge >= 0.3 is 0 Å². The fraction of sp³-hybridized carbons (Fsp3) is 0.0952. The van der Waals surface area contributed by atoms with Gasteiger partial charge in [0, 0.05) is 40.7 Å². The van der Waals surface area contributed by atoms with Gasteiger partial charge in [-0.1, -0.05) is 30.0 Å². The van der Waals surface area contributed by atoms with E-state index in [1.54, 1.807) is 30.1 Å². The summed E-state index contributed by atoms with van der Waals surface area (Å²) in [4.78, 5) is 31.9. The predicted octanol–water partition coefficient (Wildman–Crippen LogP) is 3.08. The van der Waals surface area contributed by atoms with Crippen molar-refractivity contribution < 1.29 is 9.59 Å². The quantitative estimate of drug-likeness (QED) is 0.351. The average molecular weight is 405 g/mol. The van der Waals surface area contributed by atoms with Gasteiger partial charge in [0.1, 0.15) is 0 Å². The average Bonchev–Trinajstić information content (AvgIpc) is 3.39. The van der Waals surface area contributed by atoms with E-state index in [-0.39, 0.29) is 18.2 Å². The number of imidazole rings is 1. The zero-order valence-electron chi connectivity index (χ0n) is 15.7. The SMILES string of the molecule is CSc1nccn1-c1ccc(C(=O)NNC(=O)Cc2c[nH]c3ccccc23)cc1. The number of fused-ring (bicyclic) bond motifs is 1. The highest BCUT2D eigenvalue weighted by Gasteiger charge is 2.11. The van der Waals surface area contributed by atoms with Crippen LogP contribution in [0.1, 0.15) is 15.9 Å². The number of carbonyl (C=O) groups is 2. The lowest BCUT2D eigenvalue weighted by Crippen LogP contribution is -2.42. The number of nitrogens with one attached hydrogen (secondary N) is 3. The maximum Gasteiger partial charge on any atom is 0.269 e. The molecule has 0 saturated carbocycles. The van der Waals surface area contributed by atoms with Gasteiger partial charge in [-0.15, -0.1) is 0 Å². The Labute approximate surface area is 171 Å². The van der Waals surface area contributed by atoms with Crippen molar-refractivity contribution in [3.8, 4) is 5.69 Å². The van der Waals surface area contributed by atoms with Crippen LogP contribution in [0.2, 0.25) is 0 Å². The Morgan fingerprint density at radius 1 is 1.10 bits per heavy atom. The van der Waals surface area contributed by atoms with Crippen LogP contribution < -0.4 is 10.9 Å². The number of rotatable bonds is 5. The van der Waals surface area contributed by atoms with Crippen LogP contribution >= 0.6 is 11.8 Å². The smallest absolute Gasteiger partial charge is 0.269 e. The number of H-pyrrole nitrogens is 1. The number of hydrogen-bond acceptors (Lipinski definition) is 4. The third-order valence-corrected chi connectivity index (χ3v) is 5.21. The maximum absolute atomic E-state index is 12.3. The highest BCUT2D eigenvalue weighted by molar-refractivity contribution is 7.98. The van der Waals surface area contributed by atoms with Crippen molar-refractivity contribution in [3.63, 3.8) is 0 Å². The number of para-hydroxylation sites is 1. The third kappa shape index (κ3) is 4.02. The second-order valence-electron chi connectivity index (χ2n) is 6.37. The molecule has 2 aromatic heterocycles. The molecule has 8 heteroatoms. The third-order valence-electron chi connectivity index (χ3n) is 4.54. The van der Waals surface area contributed by atoms with Crippen LogP contribution in [0, 0.1) is 0 Å². The van der Waals surface area contributed by atoms with Crippen LogP contribution in [-0.4, -0.2) is 32.6 Å². The summed E-state index contributed by atoms with van der Waals surface area (Å²) in [5, 5.41) is 1.86. The second kappa shape index (κ2) is 8.24. The van der Waals surface area contributed by atoms with Crippen molar-refractivity contribution in [1.29, 1.82) is 0 Å². The Morgan fingerprint density at radius 2 is 1.90 bits per heavy atom. The monoisotopic (exact) mass is 405 g/mol. The lowest BCUT2D eigenvalue weighted by molar-refractivity contribution is -0.121. The number of hydrogen-bond donors (Lipinski definition) is 3. The minimum absolute atomic E-state index is 0.168. The molecule has 0 aliphatic rings. The highest BCUT2D eigenvalue weighted by Crippen LogP contribution is 2.19. The molecule has 3 N–H and O–H groups in total. The van der Waals surface area contributed by atoms with Gasteiger partial charge in [-0.2, -0.15) is 0 Å². The van der Waals surface area contributed by atoms with Crippen LogP contribution in [0.4, 0.5) is 0 Å². The molecule has 2 aromatic carbocycles. The molecule has 2 amide bonds. The van der Waals surface area contributed by atoms with Crippen molar-refractivity contribution in [2.45, 2.75) is 11.6 Å². The van der Waals surface area contributed by atoms with E-state index in [0.29, 0.717) is 5.56 Å². The van der Waals surface area contributed by atoms with Gasteiger partial charge in [0.2, 0.25) is 5.91 Å². The van der Waals surface area contributed by atoms with E-state index in [1.165, 1.54) is 0 Å². The summed E-state index contributed by atoms with van der Waals surface area (Å²) in [5.74, 6) is -0.665. The van der Waals surface area contributed by atoms with Crippen LogP contribution in [0.5, 0.6) is 0 Å². The lowest BCUT2D eigenvalue weighted by Gasteiger charge is -2.09. The van der Waals surface area contributed by atoms with E-state index in [4.69, 9.17) is 0 Å². The molecule has 4 rings (SSSR count). The second-order valence-corrected chi connectivity index (χ2v) is 7.14. The summed E-state index contributed by atoms with van der Waals surface area (Å²) in [7, 11) is 0. The highest BCUT2D eigenvalue weighted by atomic mass is 32.2. The zero-order chi connectivity index (χ0) is 20.2. The molecule has 0 saturated heterocycles. The fourth-order valence-corrected chi connectivity index (χ4v) is 3.63. The molecule has 7 nitrogen and oxygen atoms in total. The predicted molar refractivity (Wildman–Crippen MR) is 113 cm³/mol. The Morgan fingerprint density at radius 3 is 2.69 bits per heavy atom. The van der Waals surface area contributed by atoms with Gasteiger partial charge in [-0.05, 0) is 42.2 Å². The number of aromatic amines is 1. The molecule has 0 unspecified atom stereocenters. The topological polar surface area (TPSA) is 91.8 Å². The molecule has 0 aliphatic carbocycles. The molecule has 0 fully saturated rings. The normalized spacial score (nSPS) is 10.8. The van der Waals surface area contributed by atoms with Crippen molar-refractivity contribution in [1.82, 2.24) is 25.4 Å². The number of aromatic nitrogens is 3. The van der Waals surface area contributed by atoms with E-state index < -0.39 is 0 Å². The zero-order valence-corrected chi connectivity index (χ0v) is 16.5. The minimum atomic E-state index is -0.375. The number of amides is 2. The largest absolute Gasteiger partial charge is 0.361 e. The van der Waals surface area contributed by atoms with Crippen LogP contribution in [0.25, 0.3) is 16.6 Å². The summed E-state index contributed by atoms with van der Waals surface area (Å²) in [6.07, 6.45) is 7.53. The molecule has 0 radical (unpaired) electrons. The molecule has 0 aliphatic heterocycles. The first-order valence-corrected chi connectivity index (χ1v) is 10.2. The molecular formula is C21H19N5O2S. The number of carbonyl (C=O) groups excluding carboxylic acids is 2. The number of nitrogens with zero attached hydrogens (tertiary/aromatic N) is 2. The summed E-state index contributed by atoms with van der Waals surface area (Å²) in [6, 6.07) is 14.9. The molecular weight excluding hydrogens is 386 g/mol. The maximum atomic E-state index is 12.3. The standard InChI is InChI=1S/C21H19N5O2S/c1-29-21-22-10-11-26(21)16-8-6-14(7-9-16)20(28)25-24-19(27)12-15-13-23-18-5-3-2-4-17(15)18/h2-11,13,23H,12H2,1H3,(H,24,27)(H,25,28). The van der Waals surface area contributed by atoms with Crippen molar-refractivity contribution >= 4 is 34.5 Å². The van der Waals surface area contributed by atoms with Crippen LogP contribution in [0.3, 0.4) is 0 Å². The van der Waals surface area contributed by atoms with E-state index in [0.717, 1.165) is 27.3 Å². The Kier molecular flexibility index (Phi) is 5.35. The number of benzene rings is 2. The molecule has 0 spiro atoms. The first kappa shape index (κ1) is 18.8. The van der Waals surface area contributed by atoms with Gasteiger partial charge < -0.3 is 4.98 Å². The molecule has 29 heavy (non-hydrogen) atoms. The molecule has 0 atom stereocenters. The van der Waals surface area contributed by atoms with Gasteiger partial charge in [0.05, 0.1) is 6.42 Å². The van der Waals surface area contributed by atoms with E-state index >= 15 is 0 Å². The van der Waals surface area contributed by atoms with E-state index in [2.05, 4.69) is 20.8 Å². The first-order chi connectivity index (χ1) is 14.2. The van der Waals surface area contributed by atoms with Gasteiger partial charge in [-0.25, -0.2) is 4.98 Å². The van der Waals surface area contributed by atoms with Gasteiger partial charge in [0.15, 0.2) is 5.16 Å². The summed E-state index contributed by atoms with van der Waals surface area (Å²) in [6.45, 7) is 0. The fourth-order valence-electron chi connectivity index (χ4n) is 3.10.